The number of pyridine rings is 2. The summed E-state index contributed by atoms with van der Waals surface area (Å²) >= 11 is 19.7. The number of hydrogen-bond donors (Lipinski definition) is 0. The maximum Gasteiger partial charge on any atom is 0.434 e. The van der Waals surface area contributed by atoms with E-state index in [-0.39, 0.29) is 4.90 Å². The molecule has 43 heavy (non-hydrogen) atoms. The van der Waals surface area contributed by atoms with Crippen LogP contribution in [0.3, 0.4) is 0 Å². The van der Waals surface area contributed by atoms with Crippen molar-refractivity contribution in [3.8, 4) is 0 Å². The fourth-order valence-corrected chi connectivity index (χ4v) is 5.52. The number of rotatable bonds is 7. The number of aromatic nitrogens is 2. The molecule has 1 saturated heterocycles. The van der Waals surface area contributed by atoms with E-state index in [1.807, 2.05) is 22.6 Å². The zero-order valence-electron chi connectivity index (χ0n) is 22.1. The van der Waals surface area contributed by atoms with E-state index in [0.29, 0.717) is 10.0 Å². The van der Waals surface area contributed by atoms with Gasteiger partial charge in [-0.15, -0.1) is 0 Å². The molecule has 0 amide bonds. The number of carbonyl (C=O) groups excluding carboxylic acids is 3. The van der Waals surface area contributed by atoms with Crippen LogP contribution in [0.25, 0.3) is 10.4 Å². The Kier molecular flexibility index (Phi) is 14.3. The molecule has 1 unspecified atom stereocenters. The number of nitrogens with zero attached hydrogens (tertiary/aromatic N) is 5. The molecule has 3 rings (SSSR count). The molecule has 5 atom stereocenters. The number of esters is 3. The predicted molar refractivity (Wildman–Crippen MR) is 156 cm³/mol. The molecule has 0 spiro atoms. The van der Waals surface area contributed by atoms with Gasteiger partial charge in [0.25, 0.3) is 0 Å². The Hall–Kier alpha value is -2.28. The molecule has 2 aromatic rings. The summed E-state index contributed by atoms with van der Waals surface area (Å²) in [7, 11) is 0. The van der Waals surface area contributed by atoms with E-state index in [1.54, 1.807) is 12.3 Å². The Morgan fingerprint density at radius 1 is 1.05 bits per heavy atom. The van der Waals surface area contributed by atoms with Gasteiger partial charge in [-0.25, -0.2) is 9.97 Å². The lowest BCUT2D eigenvalue weighted by Crippen LogP contribution is -2.59. The molecule has 3 heterocycles. The maximum atomic E-state index is 13.0. The minimum atomic E-state index is -4.78. The number of thioether (sulfide) groups is 1. The van der Waals surface area contributed by atoms with Crippen LogP contribution in [0.5, 0.6) is 0 Å². The van der Waals surface area contributed by atoms with E-state index in [9.17, 15) is 27.6 Å². The van der Waals surface area contributed by atoms with Crippen molar-refractivity contribution in [2.45, 2.75) is 61.6 Å². The Balaban J connectivity index is 0.000000609. The van der Waals surface area contributed by atoms with Gasteiger partial charge in [0.05, 0.1) is 15.1 Å². The van der Waals surface area contributed by atoms with Gasteiger partial charge in [-0.05, 0) is 40.3 Å². The van der Waals surface area contributed by atoms with Gasteiger partial charge in [-0.1, -0.05) is 51.7 Å². The highest BCUT2D eigenvalue weighted by Gasteiger charge is 2.50. The van der Waals surface area contributed by atoms with Crippen molar-refractivity contribution in [3.05, 3.63) is 59.4 Å². The Bertz CT molecular complexity index is 1390. The quantitative estimate of drug-likeness (QED) is 0.0563. The van der Waals surface area contributed by atoms with Crippen LogP contribution in [-0.4, -0.2) is 64.3 Å². The summed E-state index contributed by atoms with van der Waals surface area (Å²) in [6, 6.07) is 1.32. The fourth-order valence-electron chi connectivity index (χ4n) is 3.39. The van der Waals surface area contributed by atoms with Crippen LogP contribution in [0.1, 0.15) is 26.5 Å². The highest BCUT2D eigenvalue weighted by atomic mass is 127. The molecular formula is C23H20Cl3F3IN5O7S. The number of carbonyl (C=O) groups is 3. The molecular weight excluding hydrogens is 781 g/mol. The average Bonchev–Trinajstić information content (AvgIpc) is 2.88. The molecule has 12 nitrogen and oxygen atoms in total. The average molecular weight is 801 g/mol. The van der Waals surface area contributed by atoms with Crippen LogP contribution in [0.4, 0.5) is 13.2 Å². The van der Waals surface area contributed by atoms with Gasteiger partial charge in [-0.3, -0.25) is 14.4 Å². The molecule has 1 aliphatic heterocycles. The van der Waals surface area contributed by atoms with E-state index in [1.165, 1.54) is 0 Å². The Morgan fingerprint density at radius 2 is 1.67 bits per heavy atom. The Labute approximate surface area is 275 Å². The SMILES string of the molecule is CC(=O)OC[C@H]1O[C@H](Sc2cnc(C(F)(F)F)c(Cl)c2)[C@H](OC(C)=O)C(N=[N+]=[N-])[C@H]1OC(C)=O.Clc1cnc(I)c(Cl)c1. The van der Waals surface area contributed by atoms with Crippen molar-refractivity contribution < 1.29 is 46.5 Å². The minimum absolute atomic E-state index is 0.0945. The largest absolute Gasteiger partial charge is 0.463 e. The van der Waals surface area contributed by atoms with Gasteiger partial charge in [0.1, 0.15) is 40.1 Å². The van der Waals surface area contributed by atoms with Crippen LogP contribution in [0.2, 0.25) is 15.1 Å². The molecule has 0 bridgehead atoms. The van der Waals surface area contributed by atoms with Gasteiger partial charge in [0.15, 0.2) is 5.69 Å². The third-order valence-electron chi connectivity index (χ3n) is 4.96. The van der Waals surface area contributed by atoms with E-state index in [4.69, 9.17) is 59.3 Å². The van der Waals surface area contributed by atoms with E-state index in [2.05, 4.69) is 20.0 Å². The molecule has 20 heteroatoms. The summed E-state index contributed by atoms with van der Waals surface area (Å²) in [5, 5.41) is 4.08. The highest BCUT2D eigenvalue weighted by molar-refractivity contribution is 14.1. The molecule has 1 fully saturated rings. The third kappa shape index (κ3) is 11.6. The van der Waals surface area contributed by atoms with Crippen LogP contribution in [-0.2, 0) is 39.5 Å². The van der Waals surface area contributed by atoms with Crippen molar-refractivity contribution in [2.24, 2.45) is 5.11 Å². The first-order valence-electron chi connectivity index (χ1n) is 11.6. The molecule has 0 radical (unpaired) electrons. The number of azide groups is 1. The second kappa shape index (κ2) is 16.7. The first-order valence-corrected chi connectivity index (χ1v) is 14.7. The normalized spacial score (nSPS) is 21.4. The molecule has 0 aromatic carbocycles. The fraction of sp³-hybridized carbons (Fsp3) is 0.435. The van der Waals surface area contributed by atoms with Crippen molar-refractivity contribution in [3.63, 3.8) is 0 Å². The van der Waals surface area contributed by atoms with Crippen molar-refractivity contribution >= 4 is 87.1 Å². The van der Waals surface area contributed by atoms with E-state index >= 15 is 0 Å². The second-order valence-corrected chi connectivity index (χ2v) is 11.7. The van der Waals surface area contributed by atoms with Crippen molar-refractivity contribution in [1.29, 1.82) is 0 Å². The van der Waals surface area contributed by atoms with E-state index < -0.39 is 71.2 Å². The van der Waals surface area contributed by atoms with Gasteiger partial charge in [0.2, 0.25) is 0 Å². The molecule has 1 aliphatic rings. The zero-order valence-corrected chi connectivity index (χ0v) is 27.3. The monoisotopic (exact) mass is 799 g/mol. The summed E-state index contributed by atoms with van der Waals surface area (Å²) in [6.45, 7) is 2.84. The third-order valence-corrected chi connectivity index (χ3v) is 8.02. The van der Waals surface area contributed by atoms with Crippen molar-refractivity contribution in [1.82, 2.24) is 9.97 Å². The summed E-state index contributed by atoms with van der Waals surface area (Å²) in [4.78, 5) is 44.7. The van der Waals surface area contributed by atoms with E-state index in [0.717, 1.165) is 48.5 Å². The lowest BCUT2D eigenvalue weighted by molar-refractivity contribution is -0.201. The summed E-state index contributed by atoms with van der Waals surface area (Å²) in [6.07, 6.45) is -6.17. The maximum absolute atomic E-state index is 13.0. The predicted octanol–water partition coefficient (Wildman–Crippen LogP) is 6.67. The summed E-state index contributed by atoms with van der Waals surface area (Å²) in [5.41, 5.74) is 6.55. The molecule has 2 aromatic heterocycles. The second-order valence-electron chi connectivity index (χ2n) is 8.23. The standard InChI is InChI=1S/C18H18ClF3N4O7S.C5H2Cl2IN/c1-7(27)30-6-12-14(31-8(2)28)13(25-26-23)15(32-9(3)29)17(33-12)34-10-4-11(19)16(24-5-10)18(20,21)22;6-3-1-4(7)5(8)9-2-3/h4-5,12-15,17H,6H2,1-3H3;1-2H/t12-,13?,14+,15-,17-;/m1./s1. The Morgan fingerprint density at radius 3 is 2.16 bits per heavy atom. The lowest BCUT2D eigenvalue weighted by atomic mass is 9.97. The molecule has 0 aliphatic carbocycles. The van der Waals surface area contributed by atoms with Gasteiger partial charge >= 0.3 is 24.1 Å². The van der Waals surface area contributed by atoms with Gasteiger partial charge in [-0.2, -0.15) is 13.2 Å². The van der Waals surface area contributed by atoms with Crippen LogP contribution >= 0.6 is 69.2 Å². The summed E-state index contributed by atoms with van der Waals surface area (Å²) < 4.78 is 60.9. The molecule has 0 saturated carbocycles. The first-order chi connectivity index (χ1) is 20.0. The first kappa shape index (κ1) is 36.9. The van der Waals surface area contributed by atoms with Crippen molar-refractivity contribution in [2.75, 3.05) is 6.61 Å². The van der Waals surface area contributed by atoms with Crippen LogP contribution in [0, 0.1) is 3.70 Å². The van der Waals surface area contributed by atoms with Gasteiger partial charge < -0.3 is 18.9 Å². The van der Waals surface area contributed by atoms with Gasteiger partial charge in [0, 0.05) is 43.0 Å². The topological polar surface area (TPSA) is 163 Å². The number of hydrogen-bond acceptors (Lipinski definition) is 11. The zero-order chi connectivity index (χ0) is 32.5. The smallest absolute Gasteiger partial charge is 0.434 e. The lowest BCUT2D eigenvalue weighted by Gasteiger charge is -2.43. The molecule has 234 valence electrons. The minimum Gasteiger partial charge on any atom is -0.463 e. The number of halogens is 7. The summed E-state index contributed by atoms with van der Waals surface area (Å²) in [5.74, 6) is -2.28. The number of alkyl halides is 3. The number of ether oxygens (including phenoxy) is 4. The van der Waals surface area contributed by atoms with Crippen LogP contribution < -0.4 is 0 Å². The molecule has 0 N–H and O–H groups in total. The van der Waals surface area contributed by atoms with Crippen LogP contribution in [0.15, 0.2) is 34.5 Å². The highest BCUT2D eigenvalue weighted by Crippen LogP contribution is 2.40.